The van der Waals surface area contributed by atoms with Crippen molar-refractivity contribution in [3.63, 3.8) is 0 Å². The number of amides is 1. The first-order valence-corrected chi connectivity index (χ1v) is 7.42. The highest BCUT2D eigenvalue weighted by molar-refractivity contribution is 5.76. The SMILES string of the molecule is CC1(O)CCCN(C(=O)CCc2ccc3c(c2)OCO3)C1. The van der Waals surface area contributed by atoms with Crippen LogP contribution in [0.15, 0.2) is 18.2 Å². The van der Waals surface area contributed by atoms with Gasteiger partial charge in [-0.3, -0.25) is 4.79 Å². The Bertz CT molecular complexity index is 541. The zero-order valence-electron chi connectivity index (χ0n) is 12.3. The number of nitrogens with zero attached hydrogens (tertiary/aromatic N) is 1. The number of fused-ring (bicyclic) bond motifs is 1. The van der Waals surface area contributed by atoms with Gasteiger partial charge in [0.2, 0.25) is 12.7 Å². The van der Waals surface area contributed by atoms with E-state index < -0.39 is 5.60 Å². The number of likely N-dealkylation sites (tertiary alicyclic amines) is 1. The minimum absolute atomic E-state index is 0.104. The Morgan fingerprint density at radius 2 is 2.19 bits per heavy atom. The molecule has 1 aromatic rings. The average molecular weight is 291 g/mol. The summed E-state index contributed by atoms with van der Waals surface area (Å²) in [5.41, 5.74) is 0.323. The van der Waals surface area contributed by atoms with Crippen LogP contribution >= 0.6 is 0 Å². The van der Waals surface area contributed by atoms with Crippen LogP contribution in [0, 0.1) is 0 Å². The molecule has 2 aliphatic heterocycles. The fourth-order valence-electron chi connectivity index (χ4n) is 2.94. The lowest BCUT2D eigenvalue weighted by atomic mass is 9.95. The maximum Gasteiger partial charge on any atom is 0.231 e. The van der Waals surface area contributed by atoms with Gasteiger partial charge in [0, 0.05) is 19.5 Å². The van der Waals surface area contributed by atoms with Crippen molar-refractivity contribution in [3.8, 4) is 11.5 Å². The molecule has 1 unspecified atom stereocenters. The van der Waals surface area contributed by atoms with Crippen molar-refractivity contribution < 1.29 is 19.4 Å². The number of carbonyl (C=O) groups excluding carboxylic acids is 1. The minimum atomic E-state index is -0.743. The molecule has 0 saturated carbocycles. The molecule has 1 aromatic carbocycles. The van der Waals surface area contributed by atoms with E-state index in [1.54, 1.807) is 11.8 Å². The van der Waals surface area contributed by atoms with E-state index in [1.165, 1.54) is 0 Å². The second-order valence-electron chi connectivity index (χ2n) is 6.10. The van der Waals surface area contributed by atoms with Gasteiger partial charge in [0.25, 0.3) is 0 Å². The fourth-order valence-corrected chi connectivity index (χ4v) is 2.94. The van der Waals surface area contributed by atoms with Crippen LogP contribution in [0.4, 0.5) is 0 Å². The molecule has 1 fully saturated rings. The predicted octanol–water partition coefficient (Wildman–Crippen LogP) is 1.72. The molecular formula is C16H21NO4. The van der Waals surface area contributed by atoms with Crippen LogP contribution in [0.5, 0.6) is 11.5 Å². The fraction of sp³-hybridized carbons (Fsp3) is 0.562. The summed E-state index contributed by atoms with van der Waals surface area (Å²) in [5.74, 6) is 1.62. The van der Waals surface area contributed by atoms with Crippen LogP contribution in [0.25, 0.3) is 0 Å². The molecule has 0 radical (unpaired) electrons. The second kappa shape index (κ2) is 5.56. The number of ether oxygens (including phenoxy) is 2. The summed E-state index contributed by atoms with van der Waals surface area (Å²) in [4.78, 5) is 14.0. The molecule has 1 saturated heterocycles. The van der Waals surface area contributed by atoms with E-state index in [0.717, 1.165) is 36.4 Å². The number of carbonyl (C=O) groups is 1. The first kappa shape index (κ1) is 14.2. The van der Waals surface area contributed by atoms with Gasteiger partial charge >= 0.3 is 0 Å². The van der Waals surface area contributed by atoms with Crippen molar-refractivity contribution in [2.75, 3.05) is 19.9 Å². The summed E-state index contributed by atoms with van der Waals surface area (Å²) < 4.78 is 10.6. The molecule has 3 rings (SSSR count). The third-order valence-electron chi connectivity index (χ3n) is 4.09. The Labute approximate surface area is 124 Å². The van der Waals surface area contributed by atoms with Gasteiger partial charge < -0.3 is 19.5 Å². The van der Waals surface area contributed by atoms with E-state index in [0.29, 0.717) is 19.4 Å². The molecule has 0 bridgehead atoms. The van der Waals surface area contributed by atoms with Crippen LogP contribution in [0.2, 0.25) is 0 Å². The third kappa shape index (κ3) is 3.29. The number of piperidine rings is 1. The Morgan fingerprint density at radius 3 is 3.00 bits per heavy atom. The smallest absolute Gasteiger partial charge is 0.231 e. The van der Waals surface area contributed by atoms with E-state index in [1.807, 2.05) is 18.2 Å². The van der Waals surface area contributed by atoms with Gasteiger partial charge in [-0.25, -0.2) is 0 Å². The largest absolute Gasteiger partial charge is 0.454 e. The molecule has 2 heterocycles. The molecule has 2 aliphatic rings. The number of hydrogen-bond donors (Lipinski definition) is 1. The Morgan fingerprint density at radius 1 is 1.38 bits per heavy atom. The van der Waals surface area contributed by atoms with Gasteiger partial charge in [-0.2, -0.15) is 0 Å². The Hall–Kier alpha value is -1.75. The van der Waals surface area contributed by atoms with Gasteiger partial charge in [0.1, 0.15) is 0 Å². The van der Waals surface area contributed by atoms with Crippen LogP contribution in [0.1, 0.15) is 31.7 Å². The van der Waals surface area contributed by atoms with Crippen molar-refractivity contribution >= 4 is 5.91 Å². The summed E-state index contributed by atoms with van der Waals surface area (Å²) in [7, 11) is 0. The van der Waals surface area contributed by atoms with E-state index in [9.17, 15) is 9.90 Å². The van der Waals surface area contributed by atoms with Crippen molar-refractivity contribution in [2.45, 2.75) is 38.2 Å². The maximum absolute atomic E-state index is 12.3. The highest BCUT2D eigenvalue weighted by Crippen LogP contribution is 2.32. The molecule has 0 aliphatic carbocycles. The number of aryl methyl sites for hydroxylation is 1. The van der Waals surface area contributed by atoms with Gasteiger partial charge in [0.05, 0.1) is 5.60 Å². The number of β-amino-alcohol motifs (C(OH)–C–C–N with tert-alkyl or cyclic N) is 1. The monoisotopic (exact) mass is 291 g/mol. The molecule has 21 heavy (non-hydrogen) atoms. The highest BCUT2D eigenvalue weighted by Gasteiger charge is 2.30. The highest BCUT2D eigenvalue weighted by atomic mass is 16.7. The lowest BCUT2D eigenvalue weighted by Gasteiger charge is -2.36. The second-order valence-corrected chi connectivity index (χ2v) is 6.10. The van der Waals surface area contributed by atoms with Gasteiger partial charge in [0.15, 0.2) is 11.5 Å². The molecule has 114 valence electrons. The summed E-state index contributed by atoms with van der Waals surface area (Å²) >= 11 is 0. The molecule has 1 N–H and O–H groups in total. The van der Waals surface area contributed by atoms with E-state index in [4.69, 9.17) is 9.47 Å². The lowest BCUT2D eigenvalue weighted by molar-refractivity contribution is -0.137. The van der Waals surface area contributed by atoms with Crippen molar-refractivity contribution in [1.29, 1.82) is 0 Å². The molecule has 1 atom stereocenters. The summed E-state index contributed by atoms with van der Waals surface area (Å²) in [6, 6.07) is 5.78. The van der Waals surface area contributed by atoms with Crippen LogP contribution in [-0.4, -0.2) is 41.4 Å². The van der Waals surface area contributed by atoms with Crippen LogP contribution in [0.3, 0.4) is 0 Å². The summed E-state index contributed by atoms with van der Waals surface area (Å²) in [6.45, 7) is 3.24. The van der Waals surface area contributed by atoms with Gasteiger partial charge in [-0.15, -0.1) is 0 Å². The average Bonchev–Trinajstić information content (AvgIpc) is 2.91. The predicted molar refractivity (Wildman–Crippen MR) is 77.3 cm³/mol. The van der Waals surface area contributed by atoms with E-state index in [2.05, 4.69) is 0 Å². The number of aliphatic hydroxyl groups is 1. The van der Waals surface area contributed by atoms with E-state index >= 15 is 0 Å². The first-order chi connectivity index (χ1) is 10.0. The number of benzene rings is 1. The number of rotatable bonds is 3. The van der Waals surface area contributed by atoms with Crippen molar-refractivity contribution in [2.24, 2.45) is 0 Å². The Kier molecular flexibility index (Phi) is 3.76. The van der Waals surface area contributed by atoms with Crippen molar-refractivity contribution in [3.05, 3.63) is 23.8 Å². The molecule has 5 heteroatoms. The van der Waals surface area contributed by atoms with Crippen LogP contribution in [-0.2, 0) is 11.2 Å². The minimum Gasteiger partial charge on any atom is -0.454 e. The molecular weight excluding hydrogens is 270 g/mol. The standard InChI is InChI=1S/C16H21NO4/c1-16(19)7-2-8-17(10-16)15(18)6-4-12-3-5-13-14(9-12)21-11-20-13/h3,5,9,19H,2,4,6-8,10-11H2,1H3. The normalized spacial score (nSPS) is 24.2. The lowest BCUT2D eigenvalue weighted by Crippen LogP contribution is -2.48. The molecule has 1 amide bonds. The molecule has 0 aromatic heterocycles. The maximum atomic E-state index is 12.3. The van der Waals surface area contributed by atoms with Gasteiger partial charge in [-0.1, -0.05) is 6.07 Å². The quantitative estimate of drug-likeness (QED) is 0.921. The summed E-state index contributed by atoms with van der Waals surface area (Å²) in [5, 5.41) is 10.1. The zero-order chi connectivity index (χ0) is 14.9. The third-order valence-corrected chi connectivity index (χ3v) is 4.09. The van der Waals surface area contributed by atoms with E-state index in [-0.39, 0.29) is 12.7 Å². The molecule has 5 nitrogen and oxygen atoms in total. The van der Waals surface area contributed by atoms with Crippen molar-refractivity contribution in [1.82, 2.24) is 4.90 Å². The zero-order valence-corrected chi connectivity index (χ0v) is 12.3. The van der Waals surface area contributed by atoms with Gasteiger partial charge in [-0.05, 0) is 43.9 Å². The first-order valence-electron chi connectivity index (χ1n) is 7.42. The Balaban J connectivity index is 1.56. The topological polar surface area (TPSA) is 59.0 Å². The molecule has 0 spiro atoms. The summed E-state index contributed by atoms with van der Waals surface area (Å²) in [6.07, 6.45) is 2.76. The number of hydrogen-bond acceptors (Lipinski definition) is 4. The van der Waals surface area contributed by atoms with Crippen LogP contribution < -0.4 is 9.47 Å².